The van der Waals surface area contributed by atoms with Gasteiger partial charge in [-0.25, -0.2) is 0 Å². The Morgan fingerprint density at radius 1 is 1.27 bits per heavy atom. The Balaban J connectivity index is 2.49. The highest BCUT2D eigenvalue weighted by Gasteiger charge is 2.10. The van der Waals surface area contributed by atoms with Gasteiger partial charge in [-0.1, -0.05) is 44.2 Å². The van der Waals surface area contributed by atoms with Gasteiger partial charge in [-0.15, -0.1) is 0 Å². The van der Waals surface area contributed by atoms with Crippen molar-refractivity contribution in [2.45, 2.75) is 26.8 Å². The second-order valence-corrected chi connectivity index (χ2v) is 4.33. The Bertz CT molecular complexity index is 306. The Morgan fingerprint density at radius 3 is 2.40 bits per heavy atom. The lowest BCUT2D eigenvalue weighted by molar-refractivity contribution is -0.131. The first-order valence-electron chi connectivity index (χ1n) is 5.37. The summed E-state index contributed by atoms with van der Waals surface area (Å²) in [6.45, 7) is 4.83. The molecule has 0 N–H and O–H groups in total. The summed E-state index contributed by atoms with van der Waals surface area (Å²) in [5.41, 5.74) is 1.18. The van der Waals surface area contributed by atoms with Gasteiger partial charge in [0.1, 0.15) is 0 Å². The van der Waals surface area contributed by atoms with E-state index in [2.05, 4.69) is 13.8 Å². The van der Waals surface area contributed by atoms with Gasteiger partial charge in [0.05, 0.1) is 0 Å². The zero-order chi connectivity index (χ0) is 11.3. The molecule has 1 rings (SSSR count). The summed E-state index contributed by atoms with van der Waals surface area (Å²) in [5, 5.41) is 0. The molecule has 0 heterocycles. The predicted molar refractivity (Wildman–Crippen MR) is 62.4 cm³/mol. The number of hydrogen-bond donors (Lipinski definition) is 0. The zero-order valence-corrected chi connectivity index (χ0v) is 9.73. The number of carbonyl (C=O) groups is 1. The van der Waals surface area contributed by atoms with Gasteiger partial charge in [0.2, 0.25) is 5.91 Å². The van der Waals surface area contributed by atoms with Crippen LogP contribution in [0.1, 0.15) is 25.8 Å². The zero-order valence-electron chi connectivity index (χ0n) is 9.73. The normalized spacial score (nSPS) is 10.4. The van der Waals surface area contributed by atoms with Crippen LogP contribution >= 0.6 is 0 Å². The molecule has 1 amide bonds. The molecule has 0 aliphatic heterocycles. The van der Waals surface area contributed by atoms with Gasteiger partial charge in [0.15, 0.2) is 0 Å². The van der Waals surface area contributed by atoms with Gasteiger partial charge in [0, 0.05) is 20.0 Å². The van der Waals surface area contributed by atoms with Gasteiger partial charge in [0.25, 0.3) is 0 Å². The van der Waals surface area contributed by atoms with Crippen LogP contribution in [-0.2, 0) is 11.3 Å². The SMILES string of the molecule is CC(C)CC(=O)N(C)Cc1ccccc1. The van der Waals surface area contributed by atoms with Gasteiger partial charge in [-0.05, 0) is 11.5 Å². The summed E-state index contributed by atoms with van der Waals surface area (Å²) in [6, 6.07) is 10.1. The molecular weight excluding hydrogens is 186 g/mol. The first-order valence-corrected chi connectivity index (χ1v) is 5.37. The fourth-order valence-electron chi connectivity index (χ4n) is 1.45. The van der Waals surface area contributed by atoms with Crippen molar-refractivity contribution < 1.29 is 4.79 Å². The smallest absolute Gasteiger partial charge is 0.222 e. The average molecular weight is 205 g/mol. The fourth-order valence-corrected chi connectivity index (χ4v) is 1.45. The van der Waals surface area contributed by atoms with Crippen LogP contribution in [0, 0.1) is 5.92 Å². The number of benzene rings is 1. The van der Waals surface area contributed by atoms with Crippen molar-refractivity contribution in [3.8, 4) is 0 Å². The molecule has 1 aromatic rings. The van der Waals surface area contributed by atoms with Gasteiger partial charge in [-0.2, -0.15) is 0 Å². The molecule has 2 heteroatoms. The third-order valence-corrected chi connectivity index (χ3v) is 2.27. The van der Waals surface area contributed by atoms with Crippen molar-refractivity contribution in [2.24, 2.45) is 5.92 Å². The molecule has 0 unspecified atom stereocenters. The highest BCUT2D eigenvalue weighted by atomic mass is 16.2. The summed E-state index contributed by atoms with van der Waals surface area (Å²) in [6.07, 6.45) is 0.628. The molecule has 15 heavy (non-hydrogen) atoms. The molecule has 0 spiro atoms. The molecule has 0 atom stereocenters. The molecule has 0 aliphatic carbocycles. The predicted octanol–water partition coefficient (Wildman–Crippen LogP) is 2.69. The highest BCUT2D eigenvalue weighted by molar-refractivity contribution is 5.76. The van der Waals surface area contributed by atoms with Crippen LogP contribution in [0.15, 0.2) is 30.3 Å². The monoisotopic (exact) mass is 205 g/mol. The Hall–Kier alpha value is -1.31. The minimum Gasteiger partial charge on any atom is -0.341 e. The lowest BCUT2D eigenvalue weighted by Gasteiger charge is -2.18. The van der Waals surface area contributed by atoms with E-state index in [0.717, 1.165) is 0 Å². The molecule has 0 bridgehead atoms. The largest absolute Gasteiger partial charge is 0.341 e. The first kappa shape index (κ1) is 11.8. The molecule has 0 fully saturated rings. The first-order chi connectivity index (χ1) is 7.09. The Kier molecular flexibility index (Phi) is 4.35. The van der Waals surface area contributed by atoms with Crippen molar-refractivity contribution in [3.05, 3.63) is 35.9 Å². The van der Waals surface area contributed by atoms with Crippen LogP contribution in [0.5, 0.6) is 0 Å². The maximum absolute atomic E-state index is 11.7. The van der Waals surface area contributed by atoms with Gasteiger partial charge >= 0.3 is 0 Å². The number of nitrogens with zero attached hydrogens (tertiary/aromatic N) is 1. The third-order valence-electron chi connectivity index (χ3n) is 2.27. The van der Waals surface area contributed by atoms with E-state index in [0.29, 0.717) is 18.9 Å². The second kappa shape index (κ2) is 5.54. The van der Waals surface area contributed by atoms with E-state index >= 15 is 0 Å². The second-order valence-electron chi connectivity index (χ2n) is 4.33. The standard InChI is InChI=1S/C13H19NO/c1-11(2)9-13(15)14(3)10-12-7-5-4-6-8-12/h4-8,11H,9-10H2,1-3H3. The lowest BCUT2D eigenvalue weighted by Crippen LogP contribution is -2.27. The van der Waals surface area contributed by atoms with Crippen molar-refractivity contribution in [2.75, 3.05) is 7.05 Å². The molecule has 1 aromatic carbocycles. The molecule has 0 aromatic heterocycles. The minimum absolute atomic E-state index is 0.217. The topological polar surface area (TPSA) is 20.3 Å². The van der Waals surface area contributed by atoms with E-state index in [1.54, 1.807) is 4.90 Å². The molecule has 0 saturated carbocycles. The van der Waals surface area contributed by atoms with E-state index in [4.69, 9.17) is 0 Å². The van der Waals surface area contributed by atoms with E-state index in [9.17, 15) is 4.79 Å². The molecule has 0 saturated heterocycles. The highest BCUT2D eigenvalue weighted by Crippen LogP contribution is 2.07. The number of amides is 1. The van der Waals surface area contributed by atoms with Crippen molar-refractivity contribution in [1.29, 1.82) is 0 Å². The van der Waals surface area contributed by atoms with Crippen molar-refractivity contribution >= 4 is 5.91 Å². The minimum atomic E-state index is 0.217. The summed E-state index contributed by atoms with van der Waals surface area (Å²) in [5.74, 6) is 0.643. The van der Waals surface area contributed by atoms with Gasteiger partial charge in [-0.3, -0.25) is 4.79 Å². The van der Waals surface area contributed by atoms with Crippen LogP contribution in [0.2, 0.25) is 0 Å². The number of rotatable bonds is 4. The van der Waals surface area contributed by atoms with Gasteiger partial charge < -0.3 is 4.90 Å². The van der Waals surface area contributed by atoms with E-state index in [-0.39, 0.29) is 5.91 Å². The van der Waals surface area contributed by atoms with E-state index < -0.39 is 0 Å². The summed E-state index contributed by atoms with van der Waals surface area (Å²) < 4.78 is 0. The van der Waals surface area contributed by atoms with Crippen molar-refractivity contribution in [1.82, 2.24) is 4.90 Å². The van der Waals surface area contributed by atoms with Crippen molar-refractivity contribution in [3.63, 3.8) is 0 Å². The Labute approximate surface area is 91.9 Å². The van der Waals surface area contributed by atoms with Crippen LogP contribution in [0.3, 0.4) is 0 Å². The quantitative estimate of drug-likeness (QED) is 0.740. The average Bonchev–Trinajstić information content (AvgIpc) is 2.18. The molecule has 0 radical (unpaired) electrons. The van der Waals surface area contributed by atoms with E-state index in [1.807, 2.05) is 37.4 Å². The maximum Gasteiger partial charge on any atom is 0.222 e. The number of hydrogen-bond acceptors (Lipinski definition) is 1. The molecular formula is C13H19NO. The van der Waals surface area contributed by atoms with E-state index in [1.165, 1.54) is 5.56 Å². The van der Waals surface area contributed by atoms with Crippen LogP contribution in [0.4, 0.5) is 0 Å². The maximum atomic E-state index is 11.7. The lowest BCUT2D eigenvalue weighted by atomic mass is 10.1. The van der Waals surface area contributed by atoms with Crippen LogP contribution in [-0.4, -0.2) is 17.9 Å². The fraction of sp³-hybridized carbons (Fsp3) is 0.462. The van der Waals surface area contributed by atoms with Crippen LogP contribution in [0.25, 0.3) is 0 Å². The molecule has 0 aliphatic rings. The summed E-state index contributed by atoms with van der Waals surface area (Å²) >= 11 is 0. The summed E-state index contributed by atoms with van der Waals surface area (Å²) in [4.78, 5) is 13.5. The third kappa shape index (κ3) is 4.15. The Morgan fingerprint density at radius 2 is 1.87 bits per heavy atom. The number of carbonyl (C=O) groups excluding carboxylic acids is 1. The molecule has 2 nitrogen and oxygen atoms in total. The summed E-state index contributed by atoms with van der Waals surface area (Å²) in [7, 11) is 1.86. The van der Waals surface area contributed by atoms with Crippen LogP contribution < -0.4 is 0 Å². The molecule has 82 valence electrons.